The summed E-state index contributed by atoms with van der Waals surface area (Å²) in [7, 11) is 0. The van der Waals surface area contributed by atoms with Gasteiger partial charge in [-0.2, -0.15) is 0 Å². The van der Waals surface area contributed by atoms with Gasteiger partial charge in [-0.1, -0.05) is 70.4 Å². The first-order valence-electron chi connectivity index (χ1n) is 14.0. The molecule has 39 heavy (non-hydrogen) atoms. The molecule has 2 rings (SSSR count). The molecule has 1 fully saturated rings. The highest BCUT2D eigenvalue weighted by molar-refractivity contribution is 5.95. The van der Waals surface area contributed by atoms with Crippen LogP contribution in [0, 0.1) is 5.92 Å². The van der Waals surface area contributed by atoms with Crippen LogP contribution in [0.5, 0.6) is 0 Å². The van der Waals surface area contributed by atoms with Crippen LogP contribution in [0.1, 0.15) is 78.2 Å². The van der Waals surface area contributed by atoms with Gasteiger partial charge in [0.05, 0.1) is 0 Å². The third-order valence-electron chi connectivity index (χ3n) is 6.85. The van der Waals surface area contributed by atoms with Crippen LogP contribution in [-0.2, 0) is 30.4 Å². The summed E-state index contributed by atoms with van der Waals surface area (Å²) in [6.07, 6.45) is 4.44. The lowest BCUT2D eigenvalue weighted by molar-refractivity contribution is -0.145. The van der Waals surface area contributed by atoms with Crippen molar-refractivity contribution >= 4 is 29.6 Å². The van der Waals surface area contributed by atoms with Crippen LogP contribution >= 0.6 is 0 Å². The van der Waals surface area contributed by atoms with Crippen LogP contribution in [0.25, 0.3) is 0 Å². The molecule has 4 N–H and O–H groups in total. The summed E-state index contributed by atoms with van der Waals surface area (Å²) in [5.41, 5.74) is 0.862. The van der Waals surface area contributed by atoms with Gasteiger partial charge in [0.15, 0.2) is 0 Å². The van der Waals surface area contributed by atoms with E-state index in [0.29, 0.717) is 38.6 Å². The number of carboxylic acids is 1. The predicted molar refractivity (Wildman–Crippen MR) is 148 cm³/mol. The SMILES string of the molecule is CCCCC[C@H](NC(=O)[C@@H]1CCCN1C(=O)[C@H](CC(C)C)NC(=O)[C@H](Cc1ccccc1)NC(C)=O)C(=O)O. The Morgan fingerprint density at radius 1 is 0.974 bits per heavy atom. The van der Waals surface area contributed by atoms with Crippen molar-refractivity contribution in [1.29, 1.82) is 0 Å². The van der Waals surface area contributed by atoms with E-state index in [-0.39, 0.29) is 24.2 Å². The fourth-order valence-electron chi connectivity index (χ4n) is 4.90. The summed E-state index contributed by atoms with van der Waals surface area (Å²) < 4.78 is 0. The molecule has 1 aromatic carbocycles. The van der Waals surface area contributed by atoms with E-state index in [1.54, 1.807) is 0 Å². The van der Waals surface area contributed by atoms with Crippen molar-refractivity contribution in [2.75, 3.05) is 6.54 Å². The number of hydrogen-bond donors (Lipinski definition) is 4. The van der Waals surface area contributed by atoms with E-state index in [2.05, 4.69) is 16.0 Å². The van der Waals surface area contributed by atoms with Gasteiger partial charge in [0.1, 0.15) is 24.2 Å². The maximum atomic E-state index is 13.7. The van der Waals surface area contributed by atoms with E-state index in [4.69, 9.17) is 0 Å². The molecule has 0 radical (unpaired) electrons. The molecular weight excluding hydrogens is 500 g/mol. The van der Waals surface area contributed by atoms with Gasteiger partial charge in [-0.05, 0) is 37.2 Å². The van der Waals surface area contributed by atoms with E-state index in [0.717, 1.165) is 18.4 Å². The molecule has 4 amide bonds. The van der Waals surface area contributed by atoms with Gasteiger partial charge in [-0.25, -0.2) is 4.79 Å². The Kier molecular flexibility index (Phi) is 12.9. The molecule has 1 aliphatic rings. The number of nitrogens with zero attached hydrogens (tertiary/aromatic N) is 1. The van der Waals surface area contributed by atoms with Crippen molar-refractivity contribution in [2.45, 2.75) is 103 Å². The number of carboxylic acid groups (broad SMARTS) is 1. The molecule has 0 saturated carbocycles. The molecule has 1 heterocycles. The summed E-state index contributed by atoms with van der Waals surface area (Å²) in [4.78, 5) is 65.1. The van der Waals surface area contributed by atoms with Crippen molar-refractivity contribution in [1.82, 2.24) is 20.9 Å². The van der Waals surface area contributed by atoms with Crippen LogP contribution in [0.15, 0.2) is 30.3 Å². The minimum Gasteiger partial charge on any atom is -0.480 e. The van der Waals surface area contributed by atoms with Gasteiger partial charge in [-0.15, -0.1) is 0 Å². The fourth-order valence-corrected chi connectivity index (χ4v) is 4.90. The number of benzene rings is 1. The number of rotatable bonds is 15. The molecule has 216 valence electrons. The third-order valence-corrected chi connectivity index (χ3v) is 6.85. The molecule has 0 aromatic heterocycles. The minimum absolute atomic E-state index is 0.0671. The lowest BCUT2D eigenvalue weighted by Crippen LogP contribution is -2.58. The van der Waals surface area contributed by atoms with Crippen LogP contribution in [0.4, 0.5) is 0 Å². The predicted octanol–water partition coefficient (Wildman–Crippen LogP) is 2.41. The average Bonchev–Trinajstić information content (AvgIpc) is 3.37. The summed E-state index contributed by atoms with van der Waals surface area (Å²) in [5.74, 6) is -2.73. The minimum atomic E-state index is -1.09. The molecule has 0 aliphatic carbocycles. The summed E-state index contributed by atoms with van der Waals surface area (Å²) in [6, 6.07) is 5.71. The fraction of sp³-hybridized carbons (Fsp3) is 0.621. The Balaban J connectivity index is 2.16. The molecule has 10 nitrogen and oxygen atoms in total. The Morgan fingerprint density at radius 2 is 1.67 bits per heavy atom. The van der Waals surface area contributed by atoms with Crippen LogP contribution in [0.3, 0.4) is 0 Å². The van der Waals surface area contributed by atoms with Crippen molar-refractivity contribution in [2.24, 2.45) is 5.92 Å². The number of nitrogens with one attached hydrogen (secondary N) is 3. The molecule has 1 saturated heterocycles. The Morgan fingerprint density at radius 3 is 2.26 bits per heavy atom. The van der Waals surface area contributed by atoms with E-state index in [9.17, 15) is 29.1 Å². The molecule has 0 bridgehead atoms. The third kappa shape index (κ3) is 10.3. The molecule has 10 heteroatoms. The van der Waals surface area contributed by atoms with E-state index in [1.807, 2.05) is 51.1 Å². The normalized spacial score (nSPS) is 17.3. The molecule has 1 aromatic rings. The number of carbonyl (C=O) groups is 5. The second kappa shape index (κ2) is 15.9. The standard InChI is InChI=1S/C29H44N4O6/c1-5-6-8-14-22(29(38)39)31-27(36)25-15-11-16-33(25)28(37)24(17-19(2)3)32-26(35)23(30-20(4)34)18-21-12-9-7-10-13-21/h7,9-10,12-13,19,22-25H,5-6,8,11,14-18H2,1-4H3,(H,30,34)(H,31,36)(H,32,35)(H,38,39)/t22-,23-,24-,25-/m0/s1. The highest BCUT2D eigenvalue weighted by Gasteiger charge is 2.39. The second-order valence-electron chi connectivity index (χ2n) is 10.7. The molecule has 0 unspecified atom stereocenters. The molecule has 1 aliphatic heterocycles. The first-order valence-corrected chi connectivity index (χ1v) is 14.0. The van der Waals surface area contributed by atoms with E-state index in [1.165, 1.54) is 11.8 Å². The monoisotopic (exact) mass is 544 g/mol. The summed E-state index contributed by atoms with van der Waals surface area (Å²) >= 11 is 0. The maximum Gasteiger partial charge on any atom is 0.326 e. The van der Waals surface area contributed by atoms with Crippen molar-refractivity contribution < 1.29 is 29.1 Å². The number of aliphatic carboxylic acids is 1. The van der Waals surface area contributed by atoms with Gasteiger partial charge < -0.3 is 26.0 Å². The Bertz CT molecular complexity index is 983. The smallest absolute Gasteiger partial charge is 0.326 e. The number of likely N-dealkylation sites (tertiary alicyclic amines) is 1. The zero-order chi connectivity index (χ0) is 28.9. The topological polar surface area (TPSA) is 145 Å². The number of hydrogen-bond acceptors (Lipinski definition) is 5. The quantitative estimate of drug-likeness (QED) is 0.250. The molecule has 4 atom stereocenters. The van der Waals surface area contributed by atoms with E-state index < -0.39 is 42.0 Å². The Hall–Kier alpha value is -3.43. The van der Waals surface area contributed by atoms with E-state index >= 15 is 0 Å². The highest BCUT2D eigenvalue weighted by Crippen LogP contribution is 2.21. The maximum absolute atomic E-state index is 13.7. The number of carbonyl (C=O) groups excluding carboxylic acids is 4. The largest absolute Gasteiger partial charge is 0.480 e. The van der Waals surface area contributed by atoms with Gasteiger partial charge in [0.2, 0.25) is 23.6 Å². The molecule has 0 spiro atoms. The van der Waals surface area contributed by atoms with Crippen molar-refractivity contribution in [3.05, 3.63) is 35.9 Å². The zero-order valence-electron chi connectivity index (χ0n) is 23.6. The first kappa shape index (κ1) is 31.8. The van der Waals surface area contributed by atoms with Crippen molar-refractivity contribution in [3.63, 3.8) is 0 Å². The van der Waals surface area contributed by atoms with Crippen LogP contribution in [0.2, 0.25) is 0 Å². The summed E-state index contributed by atoms with van der Waals surface area (Å²) in [6.45, 7) is 7.56. The molecular formula is C29H44N4O6. The lowest BCUT2D eigenvalue weighted by atomic mass is 10.00. The second-order valence-corrected chi connectivity index (χ2v) is 10.7. The lowest BCUT2D eigenvalue weighted by Gasteiger charge is -2.31. The van der Waals surface area contributed by atoms with Gasteiger partial charge in [0.25, 0.3) is 0 Å². The first-order chi connectivity index (χ1) is 18.5. The van der Waals surface area contributed by atoms with Gasteiger partial charge in [-0.3, -0.25) is 19.2 Å². The van der Waals surface area contributed by atoms with Crippen molar-refractivity contribution in [3.8, 4) is 0 Å². The van der Waals surface area contributed by atoms with Gasteiger partial charge >= 0.3 is 5.97 Å². The number of amides is 4. The Labute approximate surface area is 231 Å². The zero-order valence-corrected chi connectivity index (χ0v) is 23.6. The van der Waals surface area contributed by atoms with Crippen LogP contribution < -0.4 is 16.0 Å². The highest BCUT2D eigenvalue weighted by atomic mass is 16.4. The summed E-state index contributed by atoms with van der Waals surface area (Å²) in [5, 5.41) is 17.7. The van der Waals surface area contributed by atoms with Crippen LogP contribution in [-0.4, -0.2) is 70.3 Å². The number of unbranched alkanes of at least 4 members (excludes halogenated alkanes) is 2. The van der Waals surface area contributed by atoms with Gasteiger partial charge in [0, 0.05) is 19.9 Å². The average molecular weight is 545 g/mol.